The van der Waals surface area contributed by atoms with Crippen LogP contribution in [0.2, 0.25) is 0 Å². The van der Waals surface area contributed by atoms with Crippen LogP contribution >= 0.6 is 0 Å². The van der Waals surface area contributed by atoms with Crippen molar-refractivity contribution >= 4 is 5.91 Å². The summed E-state index contributed by atoms with van der Waals surface area (Å²) in [5, 5.41) is 16.6. The molecule has 0 aliphatic rings. The predicted molar refractivity (Wildman–Crippen MR) is 122 cm³/mol. The van der Waals surface area contributed by atoms with Crippen LogP contribution in [-0.4, -0.2) is 21.8 Å². The molecule has 0 bridgehead atoms. The number of halogens is 1. The number of carbonyl (C=O) groups excluding carboxylic acids is 1. The largest absolute Gasteiger partial charge is 0.481 e. The van der Waals surface area contributed by atoms with Crippen LogP contribution in [0.15, 0.2) is 85.1 Å². The van der Waals surface area contributed by atoms with Crippen molar-refractivity contribution in [3.63, 3.8) is 0 Å². The summed E-state index contributed by atoms with van der Waals surface area (Å²) >= 11 is 0. The van der Waals surface area contributed by atoms with Crippen molar-refractivity contribution in [3.8, 4) is 28.8 Å². The smallest absolute Gasteiger partial charge is 0.261 e. The monoisotopic (exact) mass is 440 g/mol. The maximum atomic E-state index is 13.4. The lowest BCUT2D eigenvalue weighted by atomic mass is 10.1. The highest BCUT2D eigenvalue weighted by Gasteiger charge is 2.18. The number of para-hydroxylation sites is 1. The number of hydrogen-bond acceptors (Lipinski definition) is 4. The summed E-state index contributed by atoms with van der Waals surface area (Å²) < 4.78 is 20.8. The topological polar surface area (TPSA) is 79.9 Å². The van der Waals surface area contributed by atoms with Gasteiger partial charge in [0, 0.05) is 23.9 Å². The number of benzene rings is 3. The minimum Gasteiger partial charge on any atom is -0.481 e. The van der Waals surface area contributed by atoms with Gasteiger partial charge in [0.2, 0.25) is 0 Å². The molecule has 0 fully saturated rings. The first-order valence-electron chi connectivity index (χ1n) is 10.4. The fourth-order valence-corrected chi connectivity index (χ4v) is 3.33. The van der Waals surface area contributed by atoms with E-state index in [-0.39, 0.29) is 18.3 Å². The number of hydrogen-bond donors (Lipinski definition) is 1. The molecule has 1 amide bonds. The Bertz CT molecular complexity index is 1290. The van der Waals surface area contributed by atoms with Gasteiger partial charge in [0.05, 0.1) is 23.0 Å². The first-order valence-corrected chi connectivity index (χ1v) is 10.4. The van der Waals surface area contributed by atoms with Crippen LogP contribution < -0.4 is 10.1 Å². The molecule has 1 atom stereocenters. The molecule has 0 saturated heterocycles. The van der Waals surface area contributed by atoms with Crippen LogP contribution in [-0.2, 0) is 11.3 Å². The van der Waals surface area contributed by atoms with E-state index in [1.165, 1.54) is 12.1 Å². The Hall–Kier alpha value is -4.44. The standard InChI is InChI=1S/C26H21FN4O2/c1-18(33-24-9-5-6-19(14-24)15-28)26(32)29-16-21-17-31(23-7-3-2-4-8-23)30-25(21)20-10-12-22(27)13-11-20/h2-14,17-18H,16H2,1H3,(H,29,32). The summed E-state index contributed by atoms with van der Waals surface area (Å²) in [5.74, 6) is -0.196. The summed E-state index contributed by atoms with van der Waals surface area (Å²) in [5.41, 5.74) is 3.49. The Labute approximate surface area is 190 Å². The number of nitrogens with one attached hydrogen (secondary N) is 1. The molecule has 0 saturated carbocycles. The zero-order valence-electron chi connectivity index (χ0n) is 17.9. The number of nitrogens with zero attached hydrogens (tertiary/aromatic N) is 3. The second-order valence-corrected chi connectivity index (χ2v) is 7.41. The number of amides is 1. The summed E-state index contributed by atoms with van der Waals surface area (Å²) in [4.78, 5) is 12.7. The first kappa shape index (κ1) is 21.8. The van der Waals surface area contributed by atoms with Gasteiger partial charge in [-0.15, -0.1) is 0 Å². The van der Waals surface area contributed by atoms with Gasteiger partial charge in [-0.3, -0.25) is 4.79 Å². The lowest BCUT2D eigenvalue weighted by Crippen LogP contribution is -2.35. The zero-order valence-corrected chi connectivity index (χ0v) is 17.9. The van der Waals surface area contributed by atoms with Crippen LogP contribution in [0.3, 0.4) is 0 Å². The Morgan fingerprint density at radius 2 is 1.88 bits per heavy atom. The average Bonchev–Trinajstić information content (AvgIpc) is 3.28. The number of aromatic nitrogens is 2. The van der Waals surface area contributed by atoms with E-state index >= 15 is 0 Å². The number of carbonyl (C=O) groups is 1. The van der Waals surface area contributed by atoms with Gasteiger partial charge in [0.1, 0.15) is 11.6 Å². The molecule has 0 aliphatic heterocycles. The summed E-state index contributed by atoms with van der Waals surface area (Å²) in [6, 6.07) is 24.4. The second-order valence-electron chi connectivity index (χ2n) is 7.41. The van der Waals surface area contributed by atoms with Crippen molar-refractivity contribution < 1.29 is 13.9 Å². The third-order valence-corrected chi connectivity index (χ3v) is 5.03. The van der Waals surface area contributed by atoms with Crippen LogP contribution in [0.1, 0.15) is 18.1 Å². The fraction of sp³-hybridized carbons (Fsp3) is 0.115. The van der Waals surface area contributed by atoms with E-state index in [0.29, 0.717) is 17.0 Å². The fourth-order valence-electron chi connectivity index (χ4n) is 3.33. The Morgan fingerprint density at radius 1 is 1.12 bits per heavy atom. The molecule has 33 heavy (non-hydrogen) atoms. The summed E-state index contributed by atoms with van der Waals surface area (Å²) in [6.07, 6.45) is 1.08. The van der Waals surface area contributed by atoms with E-state index in [4.69, 9.17) is 10.00 Å². The van der Waals surface area contributed by atoms with Gasteiger partial charge in [0.15, 0.2) is 6.10 Å². The van der Waals surface area contributed by atoms with E-state index in [1.807, 2.05) is 42.6 Å². The zero-order chi connectivity index (χ0) is 23.2. The summed E-state index contributed by atoms with van der Waals surface area (Å²) in [7, 11) is 0. The number of ether oxygens (including phenoxy) is 1. The van der Waals surface area contributed by atoms with E-state index in [2.05, 4.69) is 10.4 Å². The first-order chi connectivity index (χ1) is 16.0. The molecule has 1 unspecified atom stereocenters. The molecular formula is C26H21FN4O2. The van der Waals surface area contributed by atoms with Gasteiger partial charge in [-0.05, 0) is 61.5 Å². The molecule has 3 aromatic carbocycles. The molecular weight excluding hydrogens is 419 g/mol. The maximum absolute atomic E-state index is 13.4. The maximum Gasteiger partial charge on any atom is 0.261 e. The van der Waals surface area contributed by atoms with Crippen molar-refractivity contribution in [3.05, 3.63) is 102 Å². The summed E-state index contributed by atoms with van der Waals surface area (Å²) in [6.45, 7) is 1.85. The molecule has 7 heteroatoms. The van der Waals surface area contributed by atoms with E-state index in [9.17, 15) is 9.18 Å². The molecule has 0 spiro atoms. The lowest BCUT2D eigenvalue weighted by molar-refractivity contribution is -0.127. The minimum absolute atomic E-state index is 0.213. The highest BCUT2D eigenvalue weighted by Crippen LogP contribution is 2.24. The number of nitriles is 1. The van der Waals surface area contributed by atoms with Crippen molar-refractivity contribution in [2.45, 2.75) is 19.6 Å². The molecule has 1 N–H and O–H groups in total. The molecule has 0 radical (unpaired) electrons. The number of rotatable bonds is 7. The molecule has 6 nitrogen and oxygen atoms in total. The second kappa shape index (κ2) is 9.79. The van der Waals surface area contributed by atoms with Crippen molar-refractivity contribution in [1.82, 2.24) is 15.1 Å². The predicted octanol–water partition coefficient (Wildman–Crippen LogP) is 4.63. The van der Waals surface area contributed by atoms with E-state index < -0.39 is 6.10 Å². The molecule has 1 aromatic heterocycles. The molecule has 1 heterocycles. The van der Waals surface area contributed by atoms with Gasteiger partial charge < -0.3 is 10.1 Å². The van der Waals surface area contributed by atoms with Crippen molar-refractivity contribution in [1.29, 1.82) is 5.26 Å². The lowest BCUT2D eigenvalue weighted by Gasteiger charge is -2.15. The highest BCUT2D eigenvalue weighted by atomic mass is 19.1. The molecule has 4 aromatic rings. The average molecular weight is 440 g/mol. The Morgan fingerprint density at radius 3 is 2.61 bits per heavy atom. The van der Waals surface area contributed by atoms with E-state index in [1.54, 1.807) is 48.0 Å². The van der Waals surface area contributed by atoms with Crippen LogP contribution in [0.25, 0.3) is 16.9 Å². The van der Waals surface area contributed by atoms with Crippen LogP contribution in [0.4, 0.5) is 4.39 Å². The van der Waals surface area contributed by atoms with Gasteiger partial charge in [-0.25, -0.2) is 9.07 Å². The van der Waals surface area contributed by atoms with Gasteiger partial charge >= 0.3 is 0 Å². The van der Waals surface area contributed by atoms with Crippen LogP contribution in [0, 0.1) is 17.1 Å². The normalized spacial score (nSPS) is 11.4. The highest BCUT2D eigenvalue weighted by molar-refractivity contribution is 5.81. The quantitative estimate of drug-likeness (QED) is 0.454. The SMILES string of the molecule is CC(Oc1cccc(C#N)c1)C(=O)NCc1cn(-c2ccccc2)nc1-c1ccc(F)cc1. The van der Waals surface area contributed by atoms with Gasteiger partial charge in [-0.2, -0.15) is 10.4 Å². The molecule has 4 rings (SSSR count). The molecule has 164 valence electrons. The molecule has 0 aliphatic carbocycles. The Balaban J connectivity index is 1.52. The third kappa shape index (κ3) is 5.25. The van der Waals surface area contributed by atoms with Crippen molar-refractivity contribution in [2.75, 3.05) is 0 Å². The van der Waals surface area contributed by atoms with Gasteiger partial charge in [-0.1, -0.05) is 24.3 Å². The Kier molecular flexibility index (Phi) is 6.46. The minimum atomic E-state index is -0.766. The third-order valence-electron chi connectivity index (χ3n) is 5.03. The van der Waals surface area contributed by atoms with Crippen molar-refractivity contribution in [2.24, 2.45) is 0 Å². The van der Waals surface area contributed by atoms with E-state index in [0.717, 1.165) is 16.8 Å². The van der Waals surface area contributed by atoms with Gasteiger partial charge in [0.25, 0.3) is 5.91 Å². The van der Waals surface area contributed by atoms with Crippen LogP contribution in [0.5, 0.6) is 5.75 Å².